The minimum atomic E-state index is -4.84. The Morgan fingerprint density at radius 3 is 2.24 bits per heavy atom. The highest BCUT2D eigenvalue weighted by Gasteiger charge is 2.36. The minimum absolute atomic E-state index is 0.0141. The summed E-state index contributed by atoms with van der Waals surface area (Å²) in [6, 6.07) is 8.13. The van der Waals surface area contributed by atoms with Crippen molar-refractivity contribution >= 4 is 50.7 Å². The number of sulfonamides is 1. The van der Waals surface area contributed by atoms with E-state index in [1.807, 2.05) is 0 Å². The van der Waals surface area contributed by atoms with Gasteiger partial charge in [0.2, 0.25) is 21.8 Å². The Morgan fingerprint density at radius 2 is 1.68 bits per heavy atom. The van der Waals surface area contributed by atoms with Crippen molar-refractivity contribution in [3.8, 4) is 0 Å². The molecule has 1 N–H and O–H groups in total. The zero-order chi connectivity index (χ0) is 28.3. The molecule has 1 aliphatic rings. The maximum absolute atomic E-state index is 13.5. The molecular formula is C25H28Cl2F3N3O4S. The van der Waals surface area contributed by atoms with Gasteiger partial charge in [0.15, 0.2) is 0 Å². The Bertz CT molecular complexity index is 1270. The normalized spacial score (nSPS) is 15.2. The van der Waals surface area contributed by atoms with Crippen LogP contribution in [0.2, 0.25) is 10.0 Å². The lowest BCUT2D eigenvalue weighted by Crippen LogP contribution is -2.52. The van der Waals surface area contributed by atoms with E-state index in [9.17, 15) is 31.2 Å². The molecule has 0 aliphatic heterocycles. The molecule has 0 bridgehead atoms. The number of carbonyl (C=O) groups excluding carboxylic acids is 2. The fraction of sp³-hybridized carbons (Fsp3) is 0.440. The smallest absolute Gasteiger partial charge is 0.352 e. The first kappa shape index (κ1) is 30.0. The zero-order valence-corrected chi connectivity index (χ0v) is 23.1. The zero-order valence-electron chi connectivity index (χ0n) is 20.8. The van der Waals surface area contributed by atoms with Crippen molar-refractivity contribution < 1.29 is 31.2 Å². The van der Waals surface area contributed by atoms with Gasteiger partial charge in [-0.15, -0.1) is 0 Å². The van der Waals surface area contributed by atoms with Gasteiger partial charge in [-0.25, -0.2) is 8.42 Å². The van der Waals surface area contributed by atoms with Crippen LogP contribution in [0.4, 0.5) is 18.9 Å². The first-order valence-electron chi connectivity index (χ1n) is 11.9. The Balaban J connectivity index is 1.93. The van der Waals surface area contributed by atoms with Crippen LogP contribution in [0.25, 0.3) is 0 Å². The number of nitrogens with zero attached hydrogens (tertiary/aromatic N) is 2. The van der Waals surface area contributed by atoms with Gasteiger partial charge in [0.05, 0.1) is 22.5 Å². The summed E-state index contributed by atoms with van der Waals surface area (Å²) in [6.07, 6.45) is -0.448. The number of carbonyl (C=O) groups is 2. The maximum Gasteiger partial charge on any atom is 0.417 e. The fourth-order valence-electron chi connectivity index (χ4n) is 4.26. The number of hydrogen-bond donors (Lipinski definition) is 1. The largest absolute Gasteiger partial charge is 0.417 e. The van der Waals surface area contributed by atoms with Crippen molar-refractivity contribution in [1.29, 1.82) is 0 Å². The van der Waals surface area contributed by atoms with Gasteiger partial charge in [-0.2, -0.15) is 13.2 Å². The molecule has 0 heterocycles. The van der Waals surface area contributed by atoms with Crippen LogP contribution in [0.15, 0.2) is 42.5 Å². The lowest BCUT2D eigenvalue weighted by molar-refractivity contribution is -0.139. The van der Waals surface area contributed by atoms with E-state index in [0.29, 0.717) is 21.0 Å². The van der Waals surface area contributed by atoms with Crippen molar-refractivity contribution in [2.45, 2.75) is 57.4 Å². The third-order valence-electron chi connectivity index (χ3n) is 6.36. The Hall–Kier alpha value is -2.50. The predicted molar refractivity (Wildman–Crippen MR) is 141 cm³/mol. The van der Waals surface area contributed by atoms with Gasteiger partial charge in [-0.05, 0) is 55.7 Å². The maximum atomic E-state index is 13.5. The van der Waals surface area contributed by atoms with E-state index in [-0.39, 0.29) is 18.3 Å². The van der Waals surface area contributed by atoms with Gasteiger partial charge in [0, 0.05) is 17.6 Å². The molecule has 2 amide bonds. The van der Waals surface area contributed by atoms with E-state index >= 15 is 0 Å². The summed E-state index contributed by atoms with van der Waals surface area (Å²) in [7, 11) is -4.21. The average molecular weight is 594 g/mol. The SMILES string of the molecule is C[C@@H](C(=O)NC1CCCC1)N(Cc1ccc(Cl)cc1)C(=O)CN(c1ccc(Cl)c(C(F)(F)F)c1)S(C)(=O)=O. The topological polar surface area (TPSA) is 86.8 Å². The van der Waals surface area contributed by atoms with Gasteiger partial charge in [-0.3, -0.25) is 13.9 Å². The lowest BCUT2D eigenvalue weighted by Gasteiger charge is -2.32. The summed E-state index contributed by atoms with van der Waals surface area (Å²) in [4.78, 5) is 27.8. The highest BCUT2D eigenvalue weighted by atomic mass is 35.5. The van der Waals surface area contributed by atoms with E-state index in [4.69, 9.17) is 23.2 Å². The molecule has 0 radical (unpaired) electrons. The number of halogens is 5. The molecule has 1 aliphatic carbocycles. The predicted octanol–water partition coefficient (Wildman–Crippen LogP) is 5.25. The molecule has 0 aromatic heterocycles. The van der Waals surface area contributed by atoms with Crippen molar-refractivity contribution in [3.05, 3.63) is 63.6 Å². The first-order valence-corrected chi connectivity index (χ1v) is 14.5. The molecule has 0 unspecified atom stereocenters. The molecule has 7 nitrogen and oxygen atoms in total. The van der Waals surface area contributed by atoms with Crippen LogP contribution in [0, 0.1) is 0 Å². The molecule has 1 atom stereocenters. The molecule has 0 spiro atoms. The van der Waals surface area contributed by atoms with Crippen LogP contribution in [-0.2, 0) is 32.3 Å². The molecule has 0 saturated heterocycles. The lowest BCUT2D eigenvalue weighted by atomic mass is 10.1. The number of amides is 2. The highest BCUT2D eigenvalue weighted by Crippen LogP contribution is 2.37. The number of benzene rings is 2. The molecule has 208 valence electrons. The van der Waals surface area contributed by atoms with E-state index in [1.54, 1.807) is 24.3 Å². The van der Waals surface area contributed by atoms with Crippen LogP contribution in [-0.4, -0.2) is 50.0 Å². The van der Waals surface area contributed by atoms with Crippen molar-refractivity contribution in [2.75, 3.05) is 17.1 Å². The third kappa shape index (κ3) is 7.77. The number of anilines is 1. The molecule has 13 heteroatoms. The highest BCUT2D eigenvalue weighted by molar-refractivity contribution is 7.92. The van der Waals surface area contributed by atoms with Crippen LogP contribution >= 0.6 is 23.2 Å². The van der Waals surface area contributed by atoms with Crippen molar-refractivity contribution in [1.82, 2.24) is 10.2 Å². The molecule has 1 saturated carbocycles. The second-order valence-electron chi connectivity index (χ2n) is 9.25. The molecule has 3 rings (SSSR count). The van der Waals surface area contributed by atoms with Crippen molar-refractivity contribution in [2.24, 2.45) is 0 Å². The van der Waals surface area contributed by atoms with Crippen LogP contribution < -0.4 is 9.62 Å². The second kappa shape index (κ2) is 12.1. The van der Waals surface area contributed by atoms with E-state index in [1.165, 1.54) is 11.8 Å². The number of nitrogens with one attached hydrogen (secondary N) is 1. The number of rotatable bonds is 9. The molecular weight excluding hydrogens is 566 g/mol. The summed E-state index contributed by atoms with van der Waals surface area (Å²) >= 11 is 11.6. The average Bonchev–Trinajstić information content (AvgIpc) is 3.33. The minimum Gasteiger partial charge on any atom is -0.352 e. The third-order valence-corrected chi connectivity index (χ3v) is 8.08. The quantitative estimate of drug-likeness (QED) is 0.430. The molecule has 38 heavy (non-hydrogen) atoms. The number of alkyl halides is 3. The summed E-state index contributed by atoms with van der Waals surface area (Å²) in [5.41, 5.74) is -0.993. The first-order chi connectivity index (χ1) is 17.7. The van der Waals surface area contributed by atoms with Crippen LogP contribution in [0.1, 0.15) is 43.7 Å². The van der Waals surface area contributed by atoms with Gasteiger partial charge in [0.25, 0.3) is 0 Å². The fourth-order valence-corrected chi connectivity index (χ4v) is 5.45. The monoisotopic (exact) mass is 593 g/mol. The van der Waals surface area contributed by atoms with E-state index in [2.05, 4.69) is 5.32 Å². The van der Waals surface area contributed by atoms with E-state index < -0.39 is 51.2 Å². The van der Waals surface area contributed by atoms with Gasteiger partial charge in [0.1, 0.15) is 12.6 Å². The van der Waals surface area contributed by atoms with Gasteiger partial charge >= 0.3 is 6.18 Å². The van der Waals surface area contributed by atoms with Crippen LogP contribution in [0.3, 0.4) is 0 Å². The summed E-state index contributed by atoms with van der Waals surface area (Å²) in [5.74, 6) is -1.18. The summed E-state index contributed by atoms with van der Waals surface area (Å²) in [5, 5.41) is 2.78. The molecule has 2 aromatic rings. The molecule has 2 aromatic carbocycles. The standard InChI is InChI=1S/C25H28Cl2F3N3O4S/c1-16(24(35)31-19-5-3-4-6-19)32(14-17-7-9-18(26)10-8-17)23(34)15-33(38(2,36)37)20-11-12-22(27)21(13-20)25(28,29)30/h7-13,16,19H,3-6,14-15H2,1-2H3,(H,31,35)/t16-/m0/s1. The van der Waals surface area contributed by atoms with Gasteiger partial charge in [-0.1, -0.05) is 48.2 Å². The van der Waals surface area contributed by atoms with Gasteiger partial charge < -0.3 is 10.2 Å². The Labute approximate surface area is 229 Å². The molecule has 1 fully saturated rings. The summed E-state index contributed by atoms with van der Waals surface area (Å²) < 4.78 is 66.1. The summed E-state index contributed by atoms with van der Waals surface area (Å²) in [6.45, 7) is 0.639. The van der Waals surface area contributed by atoms with E-state index in [0.717, 1.165) is 44.1 Å². The van der Waals surface area contributed by atoms with Crippen molar-refractivity contribution in [3.63, 3.8) is 0 Å². The Kier molecular flexibility index (Phi) is 9.59. The number of hydrogen-bond acceptors (Lipinski definition) is 4. The van der Waals surface area contributed by atoms with Crippen LogP contribution in [0.5, 0.6) is 0 Å². The second-order valence-corrected chi connectivity index (χ2v) is 12.0. The Morgan fingerprint density at radius 1 is 1.08 bits per heavy atom.